The van der Waals surface area contributed by atoms with Gasteiger partial charge < -0.3 is 15.3 Å². The summed E-state index contributed by atoms with van der Waals surface area (Å²) in [5, 5.41) is 12.5. The van der Waals surface area contributed by atoms with Crippen LogP contribution in [0.25, 0.3) is 0 Å². The van der Waals surface area contributed by atoms with Gasteiger partial charge in [-0.05, 0) is 51.1 Å². The summed E-state index contributed by atoms with van der Waals surface area (Å²) in [4.78, 5) is 2.50. The summed E-state index contributed by atoms with van der Waals surface area (Å²) in [5.41, 5.74) is 0. The minimum absolute atomic E-state index is 0.314. The first-order valence-electron chi connectivity index (χ1n) is 7.75. The Morgan fingerprint density at radius 2 is 2.06 bits per heavy atom. The molecule has 0 aromatic rings. The van der Waals surface area contributed by atoms with E-state index in [1.54, 1.807) is 0 Å². The molecule has 0 saturated heterocycles. The molecule has 1 aliphatic carbocycles. The molecule has 0 radical (unpaired) electrons. The van der Waals surface area contributed by atoms with Crippen molar-refractivity contribution in [1.82, 2.24) is 10.2 Å². The predicted octanol–water partition coefficient (Wildman–Crippen LogP) is 2.10. The van der Waals surface area contributed by atoms with Crippen molar-refractivity contribution in [1.29, 1.82) is 0 Å². The summed E-state index contributed by atoms with van der Waals surface area (Å²) in [6.07, 6.45) is 6.33. The number of nitrogens with one attached hydrogen (secondary N) is 1. The zero-order chi connectivity index (χ0) is 13.4. The molecule has 1 rings (SSSR count). The predicted molar refractivity (Wildman–Crippen MR) is 77.8 cm³/mol. The van der Waals surface area contributed by atoms with Crippen LogP contribution >= 0.6 is 0 Å². The molecule has 3 atom stereocenters. The smallest absolute Gasteiger partial charge is 0.0443 e. The van der Waals surface area contributed by atoms with Crippen molar-refractivity contribution < 1.29 is 5.11 Å². The van der Waals surface area contributed by atoms with Crippen LogP contribution in [0.4, 0.5) is 0 Å². The second kappa shape index (κ2) is 8.89. The van der Waals surface area contributed by atoms with Gasteiger partial charge in [-0.15, -0.1) is 0 Å². The van der Waals surface area contributed by atoms with Gasteiger partial charge >= 0.3 is 0 Å². The van der Waals surface area contributed by atoms with Gasteiger partial charge in [0.25, 0.3) is 0 Å². The Kier molecular flexibility index (Phi) is 7.87. The molecule has 0 aliphatic heterocycles. The maximum Gasteiger partial charge on any atom is 0.0443 e. The van der Waals surface area contributed by atoms with Crippen LogP contribution in [0.3, 0.4) is 0 Å². The number of hydrogen-bond donors (Lipinski definition) is 2. The van der Waals surface area contributed by atoms with E-state index in [9.17, 15) is 0 Å². The fourth-order valence-corrected chi connectivity index (χ4v) is 3.32. The highest BCUT2D eigenvalue weighted by Gasteiger charge is 2.29. The molecule has 3 heteroatoms. The Balaban J connectivity index is 2.47. The van der Waals surface area contributed by atoms with Gasteiger partial charge in [0.05, 0.1) is 0 Å². The minimum Gasteiger partial charge on any atom is -0.396 e. The molecule has 108 valence electrons. The molecule has 2 N–H and O–H groups in total. The Morgan fingerprint density at radius 3 is 2.61 bits per heavy atom. The van der Waals surface area contributed by atoms with Crippen LogP contribution in [0.5, 0.6) is 0 Å². The van der Waals surface area contributed by atoms with Crippen molar-refractivity contribution in [3.63, 3.8) is 0 Å². The number of rotatable bonds is 8. The zero-order valence-electron chi connectivity index (χ0n) is 12.5. The zero-order valence-corrected chi connectivity index (χ0v) is 12.5. The molecule has 3 nitrogen and oxygen atoms in total. The Morgan fingerprint density at radius 1 is 1.28 bits per heavy atom. The summed E-state index contributed by atoms with van der Waals surface area (Å²) >= 11 is 0. The van der Waals surface area contributed by atoms with Gasteiger partial charge in [0.2, 0.25) is 0 Å². The van der Waals surface area contributed by atoms with Gasteiger partial charge in [0, 0.05) is 25.7 Å². The van der Waals surface area contributed by atoms with Crippen molar-refractivity contribution in [2.24, 2.45) is 11.8 Å². The van der Waals surface area contributed by atoms with E-state index in [4.69, 9.17) is 5.11 Å². The van der Waals surface area contributed by atoms with Crippen LogP contribution in [0.2, 0.25) is 0 Å². The van der Waals surface area contributed by atoms with Crippen molar-refractivity contribution in [3.05, 3.63) is 0 Å². The van der Waals surface area contributed by atoms with E-state index in [0.717, 1.165) is 31.3 Å². The summed E-state index contributed by atoms with van der Waals surface area (Å²) in [7, 11) is 2.11. The van der Waals surface area contributed by atoms with Crippen molar-refractivity contribution in [2.75, 3.05) is 33.3 Å². The average Bonchev–Trinajstić information content (AvgIpc) is 2.43. The standard InChI is InChI=1S/C15H32N2O/c1-4-13-7-8-15(16-3)14(11-13)12-17(5-2)9-6-10-18/h13-16,18H,4-12H2,1-3H3. The van der Waals surface area contributed by atoms with Crippen LogP contribution in [0.15, 0.2) is 0 Å². The largest absolute Gasteiger partial charge is 0.396 e. The van der Waals surface area contributed by atoms with Crippen LogP contribution in [-0.4, -0.2) is 49.3 Å². The van der Waals surface area contributed by atoms with Crippen molar-refractivity contribution >= 4 is 0 Å². The fraction of sp³-hybridized carbons (Fsp3) is 1.00. The van der Waals surface area contributed by atoms with E-state index in [2.05, 4.69) is 31.1 Å². The van der Waals surface area contributed by atoms with E-state index in [-0.39, 0.29) is 0 Å². The SMILES string of the molecule is CCC1CCC(NC)C(CN(CC)CCCO)C1. The average molecular weight is 256 g/mol. The lowest BCUT2D eigenvalue weighted by atomic mass is 9.76. The molecule has 18 heavy (non-hydrogen) atoms. The van der Waals surface area contributed by atoms with Gasteiger partial charge in [-0.1, -0.05) is 20.3 Å². The second-order valence-corrected chi connectivity index (χ2v) is 5.71. The third-order valence-corrected chi connectivity index (χ3v) is 4.61. The lowest BCUT2D eigenvalue weighted by molar-refractivity contribution is 0.138. The highest BCUT2D eigenvalue weighted by atomic mass is 16.3. The number of aliphatic hydroxyl groups excluding tert-OH is 1. The molecule has 0 heterocycles. The molecule has 0 spiro atoms. The van der Waals surface area contributed by atoms with E-state index in [1.165, 1.54) is 32.2 Å². The normalized spacial score (nSPS) is 28.8. The van der Waals surface area contributed by atoms with Gasteiger partial charge in [0.15, 0.2) is 0 Å². The first kappa shape index (κ1) is 15.9. The van der Waals surface area contributed by atoms with E-state index in [1.807, 2.05) is 0 Å². The van der Waals surface area contributed by atoms with E-state index < -0.39 is 0 Å². The Hall–Kier alpha value is -0.120. The minimum atomic E-state index is 0.314. The summed E-state index contributed by atoms with van der Waals surface area (Å²) in [5.74, 6) is 1.71. The lowest BCUT2D eigenvalue weighted by Gasteiger charge is -2.38. The molecule has 0 aromatic heterocycles. The number of aliphatic hydroxyl groups is 1. The molecule has 3 unspecified atom stereocenters. The third-order valence-electron chi connectivity index (χ3n) is 4.61. The van der Waals surface area contributed by atoms with Crippen LogP contribution in [0, 0.1) is 11.8 Å². The van der Waals surface area contributed by atoms with E-state index in [0.29, 0.717) is 12.6 Å². The highest BCUT2D eigenvalue weighted by molar-refractivity contribution is 4.85. The summed E-state index contributed by atoms with van der Waals surface area (Å²) < 4.78 is 0. The van der Waals surface area contributed by atoms with Crippen LogP contribution < -0.4 is 5.32 Å². The van der Waals surface area contributed by atoms with Gasteiger partial charge in [-0.25, -0.2) is 0 Å². The van der Waals surface area contributed by atoms with Gasteiger partial charge in [-0.3, -0.25) is 0 Å². The van der Waals surface area contributed by atoms with Crippen molar-refractivity contribution in [2.45, 2.75) is 52.0 Å². The number of nitrogens with zero attached hydrogens (tertiary/aromatic N) is 1. The first-order valence-corrected chi connectivity index (χ1v) is 7.75. The lowest BCUT2D eigenvalue weighted by Crippen LogP contribution is -2.44. The van der Waals surface area contributed by atoms with Gasteiger partial charge in [0.1, 0.15) is 0 Å². The highest BCUT2D eigenvalue weighted by Crippen LogP contribution is 2.31. The van der Waals surface area contributed by atoms with Crippen molar-refractivity contribution in [3.8, 4) is 0 Å². The van der Waals surface area contributed by atoms with Crippen LogP contribution in [0.1, 0.15) is 46.0 Å². The van der Waals surface area contributed by atoms with Gasteiger partial charge in [-0.2, -0.15) is 0 Å². The molecule has 0 bridgehead atoms. The maximum absolute atomic E-state index is 8.96. The van der Waals surface area contributed by atoms with E-state index >= 15 is 0 Å². The molecule has 0 aromatic carbocycles. The fourth-order valence-electron chi connectivity index (χ4n) is 3.32. The molecular weight excluding hydrogens is 224 g/mol. The van der Waals surface area contributed by atoms with Crippen LogP contribution in [-0.2, 0) is 0 Å². The summed E-state index contributed by atoms with van der Waals surface area (Å²) in [6, 6.07) is 0.691. The molecule has 1 saturated carbocycles. The molecule has 0 amide bonds. The topological polar surface area (TPSA) is 35.5 Å². The number of hydrogen-bond acceptors (Lipinski definition) is 3. The maximum atomic E-state index is 8.96. The Bertz CT molecular complexity index is 211. The first-order chi connectivity index (χ1) is 8.74. The molecule has 1 aliphatic rings. The summed E-state index contributed by atoms with van der Waals surface area (Å²) in [6.45, 7) is 8.20. The second-order valence-electron chi connectivity index (χ2n) is 5.71. The molecular formula is C15H32N2O. The quantitative estimate of drug-likeness (QED) is 0.698. The molecule has 1 fully saturated rings. The third kappa shape index (κ3) is 4.87. The monoisotopic (exact) mass is 256 g/mol. The Labute approximate surface area is 113 Å².